The SMILES string of the molecule is Cc1ccc(Cl)c(OC(C)C(=O)N2C[C@H]3COCC[C@@]3(C(=O)O)C2)c1. The number of carboxylic acid groups (broad SMARTS) is 1. The molecule has 0 aromatic heterocycles. The highest BCUT2D eigenvalue weighted by atomic mass is 35.5. The van der Waals surface area contributed by atoms with Crippen LogP contribution in [-0.4, -0.2) is 54.3 Å². The molecule has 25 heavy (non-hydrogen) atoms. The molecule has 2 aliphatic heterocycles. The molecule has 1 aromatic carbocycles. The molecule has 2 saturated heterocycles. The number of carboxylic acids is 1. The van der Waals surface area contributed by atoms with Gasteiger partial charge in [0.15, 0.2) is 6.10 Å². The first-order valence-corrected chi connectivity index (χ1v) is 8.74. The summed E-state index contributed by atoms with van der Waals surface area (Å²) < 4.78 is 11.2. The Morgan fingerprint density at radius 1 is 1.48 bits per heavy atom. The number of amides is 1. The zero-order valence-corrected chi connectivity index (χ0v) is 15.1. The fraction of sp³-hybridized carbons (Fsp3) is 0.556. The van der Waals surface area contributed by atoms with E-state index in [1.807, 2.05) is 13.0 Å². The van der Waals surface area contributed by atoms with Gasteiger partial charge in [0.1, 0.15) is 5.75 Å². The monoisotopic (exact) mass is 367 g/mol. The van der Waals surface area contributed by atoms with Crippen LogP contribution in [0.25, 0.3) is 0 Å². The Balaban J connectivity index is 1.73. The minimum atomic E-state index is -0.908. The van der Waals surface area contributed by atoms with Crippen molar-refractivity contribution in [1.82, 2.24) is 4.90 Å². The molecule has 3 rings (SSSR count). The van der Waals surface area contributed by atoms with Crippen LogP contribution in [0.3, 0.4) is 0 Å². The van der Waals surface area contributed by atoms with Gasteiger partial charge in [0, 0.05) is 25.6 Å². The molecule has 2 aliphatic rings. The van der Waals surface area contributed by atoms with Gasteiger partial charge in [-0.3, -0.25) is 9.59 Å². The number of carbonyl (C=O) groups is 2. The quantitative estimate of drug-likeness (QED) is 0.884. The number of nitrogens with zero attached hydrogens (tertiary/aromatic N) is 1. The van der Waals surface area contributed by atoms with Gasteiger partial charge in [0.2, 0.25) is 0 Å². The van der Waals surface area contributed by atoms with E-state index in [0.717, 1.165) is 5.56 Å². The van der Waals surface area contributed by atoms with Gasteiger partial charge in [-0.1, -0.05) is 17.7 Å². The first-order chi connectivity index (χ1) is 11.8. The van der Waals surface area contributed by atoms with Gasteiger partial charge in [-0.25, -0.2) is 0 Å². The van der Waals surface area contributed by atoms with E-state index in [2.05, 4.69) is 0 Å². The number of hydrogen-bond acceptors (Lipinski definition) is 4. The largest absolute Gasteiger partial charge is 0.481 e. The van der Waals surface area contributed by atoms with Crippen LogP contribution in [0.1, 0.15) is 18.9 Å². The lowest BCUT2D eigenvalue weighted by atomic mass is 9.74. The molecule has 0 bridgehead atoms. The Hall–Kier alpha value is -1.79. The van der Waals surface area contributed by atoms with Crippen molar-refractivity contribution < 1.29 is 24.2 Å². The smallest absolute Gasteiger partial charge is 0.311 e. The molecule has 136 valence electrons. The summed E-state index contributed by atoms with van der Waals surface area (Å²) in [5.74, 6) is -0.813. The Kier molecular flexibility index (Phi) is 4.93. The lowest BCUT2D eigenvalue weighted by Crippen LogP contribution is -2.45. The second-order valence-corrected chi connectivity index (χ2v) is 7.30. The maximum Gasteiger partial charge on any atom is 0.311 e. The Labute approximate surface area is 151 Å². The number of fused-ring (bicyclic) bond motifs is 1. The number of ether oxygens (including phenoxy) is 2. The van der Waals surface area contributed by atoms with E-state index in [-0.39, 0.29) is 18.4 Å². The summed E-state index contributed by atoms with van der Waals surface area (Å²) in [5.41, 5.74) is 0.0717. The summed E-state index contributed by atoms with van der Waals surface area (Å²) in [6.07, 6.45) is -0.318. The van der Waals surface area contributed by atoms with Crippen molar-refractivity contribution in [3.8, 4) is 5.75 Å². The van der Waals surface area contributed by atoms with E-state index in [0.29, 0.717) is 37.0 Å². The highest BCUT2D eigenvalue weighted by molar-refractivity contribution is 6.32. The molecule has 0 saturated carbocycles. The number of aryl methyl sites for hydroxylation is 1. The third-order valence-electron chi connectivity index (χ3n) is 5.18. The minimum Gasteiger partial charge on any atom is -0.481 e. The zero-order valence-electron chi connectivity index (χ0n) is 14.3. The van der Waals surface area contributed by atoms with Crippen LogP contribution in [0.4, 0.5) is 0 Å². The maximum absolute atomic E-state index is 12.8. The van der Waals surface area contributed by atoms with Crippen LogP contribution in [0.15, 0.2) is 18.2 Å². The van der Waals surface area contributed by atoms with Gasteiger partial charge in [-0.15, -0.1) is 0 Å². The molecule has 2 fully saturated rings. The maximum atomic E-state index is 12.8. The van der Waals surface area contributed by atoms with Gasteiger partial charge in [0.05, 0.1) is 17.0 Å². The number of carbonyl (C=O) groups excluding carboxylic acids is 1. The van der Waals surface area contributed by atoms with Crippen molar-refractivity contribution in [3.63, 3.8) is 0 Å². The average Bonchev–Trinajstić information content (AvgIpc) is 2.98. The molecule has 1 unspecified atom stereocenters. The number of hydrogen-bond donors (Lipinski definition) is 1. The van der Waals surface area contributed by atoms with Crippen LogP contribution >= 0.6 is 11.6 Å². The van der Waals surface area contributed by atoms with Crippen molar-refractivity contribution in [2.45, 2.75) is 26.4 Å². The van der Waals surface area contributed by atoms with Crippen molar-refractivity contribution in [2.75, 3.05) is 26.3 Å². The van der Waals surface area contributed by atoms with Crippen molar-refractivity contribution in [1.29, 1.82) is 0 Å². The topological polar surface area (TPSA) is 76.1 Å². The number of benzene rings is 1. The predicted octanol–water partition coefficient (Wildman–Crippen LogP) is 2.37. The lowest BCUT2D eigenvalue weighted by molar-refractivity contribution is -0.157. The zero-order chi connectivity index (χ0) is 18.2. The third kappa shape index (κ3) is 3.33. The fourth-order valence-corrected chi connectivity index (χ4v) is 3.83. The summed E-state index contributed by atoms with van der Waals surface area (Å²) in [7, 11) is 0. The molecule has 0 spiro atoms. The molecule has 1 amide bonds. The molecule has 2 heterocycles. The number of likely N-dealkylation sites (tertiary alicyclic amines) is 1. The predicted molar refractivity (Wildman–Crippen MR) is 91.9 cm³/mol. The number of rotatable bonds is 4. The fourth-order valence-electron chi connectivity index (χ4n) is 3.67. The first-order valence-electron chi connectivity index (χ1n) is 8.36. The summed E-state index contributed by atoms with van der Waals surface area (Å²) in [4.78, 5) is 26.2. The molecule has 7 heteroatoms. The van der Waals surface area contributed by atoms with E-state index in [1.54, 1.807) is 24.0 Å². The Morgan fingerprint density at radius 3 is 2.92 bits per heavy atom. The summed E-state index contributed by atoms with van der Waals surface area (Å²) in [5, 5.41) is 10.1. The number of halogens is 1. The average molecular weight is 368 g/mol. The van der Waals surface area contributed by atoms with Gasteiger partial charge in [-0.2, -0.15) is 0 Å². The van der Waals surface area contributed by atoms with E-state index >= 15 is 0 Å². The third-order valence-corrected chi connectivity index (χ3v) is 5.49. The molecule has 0 radical (unpaired) electrons. The van der Waals surface area contributed by atoms with Gasteiger partial charge in [-0.05, 0) is 38.0 Å². The molecular formula is C18H22ClNO5. The van der Waals surface area contributed by atoms with Crippen LogP contribution in [0.2, 0.25) is 5.02 Å². The highest BCUT2D eigenvalue weighted by Crippen LogP contribution is 2.42. The summed E-state index contributed by atoms with van der Waals surface area (Å²) in [6, 6.07) is 5.37. The molecule has 3 atom stereocenters. The van der Waals surface area contributed by atoms with Crippen molar-refractivity contribution in [2.24, 2.45) is 11.3 Å². The normalized spacial score (nSPS) is 26.8. The highest BCUT2D eigenvalue weighted by Gasteiger charge is 2.55. The lowest BCUT2D eigenvalue weighted by Gasteiger charge is -2.33. The molecule has 0 aliphatic carbocycles. The van der Waals surface area contributed by atoms with Crippen molar-refractivity contribution >= 4 is 23.5 Å². The van der Waals surface area contributed by atoms with Gasteiger partial charge < -0.3 is 19.5 Å². The molecule has 6 nitrogen and oxygen atoms in total. The van der Waals surface area contributed by atoms with E-state index in [4.69, 9.17) is 21.1 Å². The second kappa shape index (κ2) is 6.84. The number of aliphatic carboxylic acids is 1. The van der Waals surface area contributed by atoms with E-state index < -0.39 is 17.5 Å². The second-order valence-electron chi connectivity index (χ2n) is 6.90. The van der Waals surface area contributed by atoms with Crippen LogP contribution < -0.4 is 4.74 Å². The van der Waals surface area contributed by atoms with Crippen molar-refractivity contribution in [3.05, 3.63) is 28.8 Å². The summed E-state index contributed by atoms with van der Waals surface area (Å²) >= 11 is 6.12. The summed E-state index contributed by atoms with van der Waals surface area (Å²) in [6.45, 7) is 4.93. The standard InChI is InChI=1S/C18H22ClNO5/c1-11-3-4-14(19)15(7-11)25-12(2)16(21)20-8-13-9-24-6-5-18(13,10-20)17(22)23/h3-4,7,12-13H,5-6,8-10H2,1-2H3,(H,22,23)/t12?,13-,18+/m0/s1. The first kappa shape index (κ1) is 18.0. The van der Waals surface area contributed by atoms with Gasteiger partial charge in [0.25, 0.3) is 5.91 Å². The van der Waals surface area contributed by atoms with E-state index in [9.17, 15) is 14.7 Å². The van der Waals surface area contributed by atoms with Crippen LogP contribution in [0.5, 0.6) is 5.75 Å². The van der Waals surface area contributed by atoms with E-state index in [1.165, 1.54) is 0 Å². The van der Waals surface area contributed by atoms with Crippen LogP contribution in [0, 0.1) is 18.3 Å². The van der Waals surface area contributed by atoms with Crippen LogP contribution in [-0.2, 0) is 14.3 Å². The molecule has 1 N–H and O–H groups in total. The Morgan fingerprint density at radius 2 is 2.24 bits per heavy atom. The molecule has 1 aromatic rings. The Bertz CT molecular complexity index is 694. The molecular weight excluding hydrogens is 346 g/mol. The minimum absolute atomic E-state index is 0.183. The van der Waals surface area contributed by atoms with Gasteiger partial charge >= 0.3 is 5.97 Å².